The monoisotopic (exact) mass is 247 g/mol. The Kier molecular flexibility index (Phi) is 2.48. The van der Waals surface area contributed by atoms with Crippen molar-refractivity contribution in [3.8, 4) is 10.9 Å². The summed E-state index contributed by atoms with van der Waals surface area (Å²) in [7, 11) is 0. The predicted molar refractivity (Wildman–Crippen MR) is 67.5 cm³/mol. The fraction of sp³-hybridized carbons (Fsp3) is 0.333. The molecule has 0 unspecified atom stereocenters. The van der Waals surface area contributed by atoms with Crippen molar-refractivity contribution >= 4 is 17.2 Å². The molecule has 1 saturated carbocycles. The molecule has 1 aliphatic rings. The van der Waals surface area contributed by atoms with Crippen molar-refractivity contribution in [3.63, 3.8) is 0 Å². The molecular weight excluding hydrogens is 234 g/mol. The highest BCUT2D eigenvalue weighted by atomic mass is 32.1. The van der Waals surface area contributed by atoms with E-state index in [-0.39, 0.29) is 0 Å². The second kappa shape index (κ2) is 4.00. The molecule has 1 aliphatic carbocycles. The Morgan fingerprint density at radius 1 is 1.41 bits per heavy atom. The largest absolute Gasteiger partial charge is 0.428 e. The van der Waals surface area contributed by atoms with E-state index in [2.05, 4.69) is 9.36 Å². The molecule has 5 heteroatoms. The van der Waals surface area contributed by atoms with E-state index in [1.54, 1.807) is 0 Å². The van der Waals surface area contributed by atoms with Crippen LogP contribution in [0.5, 0.6) is 10.9 Å². The van der Waals surface area contributed by atoms with Crippen molar-refractivity contribution in [2.45, 2.75) is 25.7 Å². The number of benzene rings is 1. The summed E-state index contributed by atoms with van der Waals surface area (Å²) in [5.41, 5.74) is 7.58. The maximum absolute atomic E-state index is 5.85. The summed E-state index contributed by atoms with van der Waals surface area (Å²) < 4.78 is 9.96. The van der Waals surface area contributed by atoms with Gasteiger partial charge in [0.15, 0.2) is 5.75 Å². The molecule has 0 atom stereocenters. The minimum atomic E-state index is 0.554. The number of aryl methyl sites for hydroxylation is 1. The molecule has 0 radical (unpaired) electrons. The normalized spacial score (nSPS) is 14.9. The molecule has 1 aromatic carbocycles. The summed E-state index contributed by atoms with van der Waals surface area (Å²) in [6, 6.07) is 5.71. The van der Waals surface area contributed by atoms with E-state index in [4.69, 9.17) is 10.5 Å². The molecule has 17 heavy (non-hydrogen) atoms. The second-order valence-corrected chi connectivity index (χ2v) is 5.05. The van der Waals surface area contributed by atoms with Gasteiger partial charge in [-0.15, -0.1) is 0 Å². The SMILES string of the molecule is Cc1ccc(N)c(Oc2nc(C3CC3)ns2)c1. The van der Waals surface area contributed by atoms with Gasteiger partial charge in [0.2, 0.25) is 0 Å². The third-order valence-electron chi connectivity index (χ3n) is 2.73. The molecule has 3 rings (SSSR count). The molecule has 1 heterocycles. The minimum Gasteiger partial charge on any atom is -0.428 e. The van der Waals surface area contributed by atoms with Gasteiger partial charge in [-0.2, -0.15) is 9.36 Å². The van der Waals surface area contributed by atoms with Crippen molar-refractivity contribution in [3.05, 3.63) is 29.6 Å². The van der Waals surface area contributed by atoms with Crippen molar-refractivity contribution in [2.75, 3.05) is 5.73 Å². The smallest absolute Gasteiger partial charge is 0.298 e. The molecule has 88 valence electrons. The lowest BCUT2D eigenvalue weighted by molar-refractivity contribution is 0.479. The highest BCUT2D eigenvalue weighted by Crippen LogP contribution is 2.40. The summed E-state index contributed by atoms with van der Waals surface area (Å²) >= 11 is 1.29. The van der Waals surface area contributed by atoms with Crippen molar-refractivity contribution in [1.29, 1.82) is 0 Å². The van der Waals surface area contributed by atoms with Gasteiger partial charge in [0.1, 0.15) is 5.82 Å². The summed E-state index contributed by atoms with van der Waals surface area (Å²) in [5.74, 6) is 2.12. The molecule has 0 bridgehead atoms. The fourth-order valence-corrected chi connectivity index (χ4v) is 2.22. The van der Waals surface area contributed by atoms with E-state index in [0.717, 1.165) is 11.4 Å². The van der Waals surface area contributed by atoms with E-state index >= 15 is 0 Å². The van der Waals surface area contributed by atoms with Crippen LogP contribution in [0, 0.1) is 6.92 Å². The first kappa shape index (κ1) is 10.5. The predicted octanol–water partition coefficient (Wildman–Crippen LogP) is 3.10. The maximum atomic E-state index is 5.85. The number of nitrogens with zero attached hydrogens (tertiary/aromatic N) is 2. The van der Waals surface area contributed by atoms with Crippen LogP contribution in [0.3, 0.4) is 0 Å². The van der Waals surface area contributed by atoms with Crippen LogP contribution in [-0.4, -0.2) is 9.36 Å². The summed E-state index contributed by atoms with van der Waals surface area (Å²) in [6.07, 6.45) is 2.39. The summed E-state index contributed by atoms with van der Waals surface area (Å²) in [6.45, 7) is 2.00. The van der Waals surface area contributed by atoms with Gasteiger partial charge in [0, 0.05) is 17.5 Å². The van der Waals surface area contributed by atoms with Gasteiger partial charge in [0.05, 0.1) is 5.69 Å². The molecule has 0 aliphatic heterocycles. The molecule has 0 saturated heterocycles. The Morgan fingerprint density at radius 3 is 3.00 bits per heavy atom. The Bertz CT molecular complexity index is 548. The molecule has 1 aromatic heterocycles. The quantitative estimate of drug-likeness (QED) is 0.847. The fourth-order valence-electron chi connectivity index (χ4n) is 1.59. The second-order valence-electron chi connectivity index (χ2n) is 4.34. The van der Waals surface area contributed by atoms with Crippen LogP contribution in [0.15, 0.2) is 18.2 Å². The Labute approximate surface area is 104 Å². The molecular formula is C12H13N3OS. The lowest BCUT2D eigenvalue weighted by atomic mass is 10.2. The van der Waals surface area contributed by atoms with Gasteiger partial charge >= 0.3 is 0 Å². The van der Waals surface area contributed by atoms with Crippen LogP contribution in [0.25, 0.3) is 0 Å². The first-order valence-corrected chi connectivity index (χ1v) is 6.37. The zero-order chi connectivity index (χ0) is 11.8. The third-order valence-corrected chi connectivity index (χ3v) is 3.34. The van der Waals surface area contributed by atoms with E-state index in [0.29, 0.717) is 22.5 Å². The van der Waals surface area contributed by atoms with Crippen LogP contribution in [-0.2, 0) is 0 Å². The Hall–Kier alpha value is -1.62. The van der Waals surface area contributed by atoms with Crippen molar-refractivity contribution in [2.24, 2.45) is 0 Å². The van der Waals surface area contributed by atoms with Crippen LogP contribution >= 0.6 is 11.5 Å². The highest BCUT2D eigenvalue weighted by Gasteiger charge is 2.28. The molecule has 2 N–H and O–H groups in total. The van der Waals surface area contributed by atoms with E-state index in [9.17, 15) is 0 Å². The first-order valence-electron chi connectivity index (χ1n) is 5.60. The third kappa shape index (κ3) is 2.24. The molecule has 4 nitrogen and oxygen atoms in total. The zero-order valence-electron chi connectivity index (χ0n) is 9.51. The summed E-state index contributed by atoms with van der Waals surface area (Å²) in [4.78, 5) is 4.37. The van der Waals surface area contributed by atoms with Crippen LogP contribution < -0.4 is 10.5 Å². The van der Waals surface area contributed by atoms with E-state index in [1.165, 1.54) is 24.4 Å². The number of ether oxygens (including phenoxy) is 1. The number of hydrogen-bond acceptors (Lipinski definition) is 5. The highest BCUT2D eigenvalue weighted by molar-refractivity contribution is 7.07. The average molecular weight is 247 g/mol. The topological polar surface area (TPSA) is 61.0 Å². The lowest BCUT2D eigenvalue weighted by Gasteiger charge is -2.05. The van der Waals surface area contributed by atoms with Crippen molar-refractivity contribution in [1.82, 2.24) is 9.36 Å². The lowest BCUT2D eigenvalue weighted by Crippen LogP contribution is -1.92. The molecule has 0 spiro atoms. The number of rotatable bonds is 3. The van der Waals surface area contributed by atoms with Crippen LogP contribution in [0.2, 0.25) is 0 Å². The Morgan fingerprint density at radius 2 is 2.24 bits per heavy atom. The van der Waals surface area contributed by atoms with Gasteiger partial charge in [-0.05, 0) is 37.5 Å². The molecule has 2 aromatic rings. The van der Waals surface area contributed by atoms with Crippen LogP contribution in [0.4, 0.5) is 5.69 Å². The van der Waals surface area contributed by atoms with E-state index in [1.807, 2.05) is 25.1 Å². The minimum absolute atomic E-state index is 0.554. The first-order chi connectivity index (χ1) is 8.22. The number of anilines is 1. The standard InChI is InChI=1S/C12H13N3OS/c1-7-2-5-9(13)10(6-7)16-12-14-11(15-17-12)8-3-4-8/h2,5-6,8H,3-4,13H2,1H3. The zero-order valence-corrected chi connectivity index (χ0v) is 10.3. The summed E-state index contributed by atoms with van der Waals surface area (Å²) in [5, 5.41) is 0.573. The Balaban J connectivity index is 1.82. The number of hydrogen-bond donors (Lipinski definition) is 1. The van der Waals surface area contributed by atoms with Crippen LogP contribution in [0.1, 0.15) is 30.1 Å². The number of nitrogens with two attached hydrogens (primary N) is 1. The average Bonchev–Trinajstić information content (AvgIpc) is 3.05. The van der Waals surface area contributed by atoms with Gasteiger partial charge in [0.25, 0.3) is 5.19 Å². The van der Waals surface area contributed by atoms with Gasteiger partial charge in [-0.3, -0.25) is 0 Å². The number of aromatic nitrogens is 2. The van der Waals surface area contributed by atoms with Gasteiger partial charge < -0.3 is 10.5 Å². The molecule has 0 amide bonds. The van der Waals surface area contributed by atoms with Gasteiger partial charge in [-0.1, -0.05) is 6.07 Å². The van der Waals surface area contributed by atoms with Gasteiger partial charge in [-0.25, -0.2) is 0 Å². The molecule has 1 fully saturated rings. The maximum Gasteiger partial charge on any atom is 0.298 e. The van der Waals surface area contributed by atoms with Crippen molar-refractivity contribution < 1.29 is 4.74 Å². The van der Waals surface area contributed by atoms with E-state index < -0.39 is 0 Å². The number of nitrogen functional groups attached to an aromatic ring is 1.